The SMILES string of the molecule is Cc1cc(NC2CCC(Nc3ccnc4cc(Cl)ccc34)CC2)c2ccccc2n1. The lowest BCUT2D eigenvalue weighted by Crippen LogP contribution is -2.32. The van der Waals surface area contributed by atoms with Gasteiger partial charge in [0, 0.05) is 51.1 Å². The topological polar surface area (TPSA) is 49.8 Å². The fourth-order valence-electron chi connectivity index (χ4n) is 4.50. The molecule has 0 atom stereocenters. The average Bonchev–Trinajstić information content (AvgIpc) is 2.75. The molecule has 30 heavy (non-hydrogen) atoms. The van der Waals surface area contributed by atoms with E-state index in [1.807, 2.05) is 24.4 Å². The number of rotatable bonds is 4. The zero-order chi connectivity index (χ0) is 20.5. The van der Waals surface area contributed by atoms with Gasteiger partial charge in [-0.1, -0.05) is 29.8 Å². The first-order valence-corrected chi connectivity index (χ1v) is 11.0. The first-order valence-electron chi connectivity index (χ1n) is 10.6. The van der Waals surface area contributed by atoms with Crippen LogP contribution in [0.5, 0.6) is 0 Å². The van der Waals surface area contributed by atoms with E-state index in [9.17, 15) is 0 Å². The third-order valence-electron chi connectivity index (χ3n) is 6.00. The van der Waals surface area contributed by atoms with Crippen molar-refractivity contribution in [3.05, 3.63) is 71.5 Å². The summed E-state index contributed by atoms with van der Waals surface area (Å²) < 4.78 is 0. The van der Waals surface area contributed by atoms with Gasteiger partial charge in [-0.3, -0.25) is 9.97 Å². The summed E-state index contributed by atoms with van der Waals surface area (Å²) in [4.78, 5) is 9.10. The molecule has 0 aliphatic heterocycles. The van der Waals surface area contributed by atoms with Crippen LogP contribution in [0.2, 0.25) is 5.02 Å². The quantitative estimate of drug-likeness (QED) is 0.394. The lowest BCUT2D eigenvalue weighted by molar-refractivity contribution is 0.429. The van der Waals surface area contributed by atoms with E-state index in [0.29, 0.717) is 12.1 Å². The van der Waals surface area contributed by atoms with E-state index in [2.05, 4.69) is 63.9 Å². The standard InChI is InChI=1S/C25H25ClN4/c1-16-14-25(20-4-2-3-5-22(20)28-16)30-19-9-7-18(8-10-19)29-23-12-13-27-24-15-17(26)6-11-21(23)24/h2-6,11-15,18-19H,7-10H2,1H3,(H,27,29)(H,28,30). The van der Waals surface area contributed by atoms with Crippen LogP contribution in [-0.4, -0.2) is 22.1 Å². The van der Waals surface area contributed by atoms with E-state index < -0.39 is 0 Å². The van der Waals surface area contributed by atoms with Crippen molar-refractivity contribution in [2.24, 2.45) is 0 Å². The highest BCUT2D eigenvalue weighted by Crippen LogP contribution is 2.30. The zero-order valence-electron chi connectivity index (χ0n) is 17.0. The van der Waals surface area contributed by atoms with Gasteiger partial charge in [0.1, 0.15) is 0 Å². The second-order valence-electron chi connectivity index (χ2n) is 8.19. The highest BCUT2D eigenvalue weighted by atomic mass is 35.5. The number of fused-ring (bicyclic) bond motifs is 2. The molecule has 2 aromatic carbocycles. The minimum Gasteiger partial charge on any atom is -0.382 e. The van der Waals surface area contributed by atoms with Gasteiger partial charge in [-0.05, 0) is 69.0 Å². The molecule has 0 spiro atoms. The number of hydrogen-bond acceptors (Lipinski definition) is 4. The molecule has 0 unspecified atom stereocenters. The van der Waals surface area contributed by atoms with Crippen molar-refractivity contribution in [2.45, 2.75) is 44.7 Å². The van der Waals surface area contributed by atoms with Crippen molar-refractivity contribution >= 4 is 44.8 Å². The minimum absolute atomic E-state index is 0.472. The van der Waals surface area contributed by atoms with E-state index in [-0.39, 0.29) is 0 Å². The number of hydrogen-bond donors (Lipinski definition) is 2. The van der Waals surface area contributed by atoms with Crippen LogP contribution < -0.4 is 10.6 Å². The van der Waals surface area contributed by atoms with Gasteiger partial charge in [-0.25, -0.2) is 0 Å². The van der Waals surface area contributed by atoms with Crippen LogP contribution in [0.15, 0.2) is 60.8 Å². The number of benzene rings is 2. The van der Waals surface area contributed by atoms with E-state index >= 15 is 0 Å². The Hall–Kier alpha value is -2.85. The zero-order valence-corrected chi connectivity index (χ0v) is 17.8. The summed E-state index contributed by atoms with van der Waals surface area (Å²) >= 11 is 6.12. The van der Waals surface area contributed by atoms with Crippen LogP contribution in [0.1, 0.15) is 31.4 Å². The van der Waals surface area contributed by atoms with E-state index in [1.165, 1.54) is 11.1 Å². The Morgan fingerprint density at radius 2 is 1.50 bits per heavy atom. The maximum absolute atomic E-state index is 6.12. The molecule has 1 aliphatic rings. The number of anilines is 2. The predicted molar refractivity (Wildman–Crippen MR) is 127 cm³/mol. The fraction of sp³-hybridized carbons (Fsp3) is 0.280. The summed E-state index contributed by atoms with van der Waals surface area (Å²) in [5.74, 6) is 0. The van der Waals surface area contributed by atoms with Gasteiger partial charge in [-0.2, -0.15) is 0 Å². The van der Waals surface area contributed by atoms with Crippen molar-refractivity contribution in [1.82, 2.24) is 9.97 Å². The number of para-hydroxylation sites is 1. The average molecular weight is 417 g/mol. The molecule has 152 valence electrons. The maximum Gasteiger partial charge on any atom is 0.0737 e. The van der Waals surface area contributed by atoms with Gasteiger partial charge in [0.15, 0.2) is 0 Å². The summed E-state index contributed by atoms with van der Waals surface area (Å²) in [5.41, 5.74) is 5.38. The summed E-state index contributed by atoms with van der Waals surface area (Å²) in [6, 6.07) is 19.5. The molecule has 0 amide bonds. The number of nitrogens with zero attached hydrogens (tertiary/aromatic N) is 2. The second kappa shape index (κ2) is 8.11. The van der Waals surface area contributed by atoms with Crippen LogP contribution in [0.25, 0.3) is 21.8 Å². The number of halogens is 1. The molecule has 5 rings (SSSR count). The van der Waals surface area contributed by atoms with Crippen molar-refractivity contribution in [3.63, 3.8) is 0 Å². The molecule has 1 saturated carbocycles. The molecular weight excluding hydrogens is 392 g/mol. The van der Waals surface area contributed by atoms with Gasteiger partial charge >= 0.3 is 0 Å². The van der Waals surface area contributed by atoms with E-state index in [0.717, 1.165) is 58.5 Å². The smallest absolute Gasteiger partial charge is 0.0737 e. The van der Waals surface area contributed by atoms with Crippen LogP contribution >= 0.6 is 11.6 Å². The number of pyridine rings is 2. The molecular formula is C25H25ClN4. The molecule has 5 heteroatoms. The minimum atomic E-state index is 0.472. The van der Waals surface area contributed by atoms with Crippen molar-refractivity contribution in [1.29, 1.82) is 0 Å². The highest BCUT2D eigenvalue weighted by molar-refractivity contribution is 6.31. The van der Waals surface area contributed by atoms with Gasteiger partial charge in [-0.15, -0.1) is 0 Å². The first-order chi connectivity index (χ1) is 14.7. The van der Waals surface area contributed by atoms with Crippen molar-refractivity contribution in [3.8, 4) is 0 Å². The summed E-state index contributed by atoms with van der Waals surface area (Å²) in [6.45, 7) is 2.06. The second-order valence-corrected chi connectivity index (χ2v) is 8.62. The Bertz CT molecular complexity index is 1200. The van der Waals surface area contributed by atoms with Crippen molar-refractivity contribution in [2.75, 3.05) is 10.6 Å². The molecule has 0 radical (unpaired) electrons. The lowest BCUT2D eigenvalue weighted by Gasteiger charge is -2.31. The maximum atomic E-state index is 6.12. The predicted octanol–water partition coefficient (Wildman–Crippen LogP) is 6.58. The van der Waals surface area contributed by atoms with Gasteiger partial charge in [0.2, 0.25) is 0 Å². The number of aryl methyl sites for hydroxylation is 1. The summed E-state index contributed by atoms with van der Waals surface area (Å²) in [7, 11) is 0. The summed E-state index contributed by atoms with van der Waals surface area (Å²) in [6.07, 6.45) is 6.41. The van der Waals surface area contributed by atoms with Crippen LogP contribution in [0, 0.1) is 6.92 Å². The molecule has 1 aliphatic carbocycles. The first kappa shape index (κ1) is 19.1. The molecule has 0 bridgehead atoms. The molecule has 4 nitrogen and oxygen atoms in total. The Balaban J connectivity index is 1.27. The highest BCUT2D eigenvalue weighted by Gasteiger charge is 2.22. The molecule has 2 heterocycles. The van der Waals surface area contributed by atoms with Crippen LogP contribution in [-0.2, 0) is 0 Å². The van der Waals surface area contributed by atoms with Gasteiger partial charge < -0.3 is 10.6 Å². The van der Waals surface area contributed by atoms with E-state index in [1.54, 1.807) is 0 Å². The normalized spacial score (nSPS) is 19.1. The Labute approximate surface area is 181 Å². The molecule has 4 aromatic rings. The summed E-state index contributed by atoms with van der Waals surface area (Å²) in [5, 5.41) is 10.6. The van der Waals surface area contributed by atoms with Gasteiger partial charge in [0.25, 0.3) is 0 Å². The Kier molecular flexibility index (Phi) is 5.17. The van der Waals surface area contributed by atoms with Crippen LogP contribution in [0.4, 0.5) is 11.4 Å². The lowest BCUT2D eigenvalue weighted by atomic mass is 9.90. The third-order valence-corrected chi connectivity index (χ3v) is 6.23. The van der Waals surface area contributed by atoms with E-state index in [4.69, 9.17) is 11.6 Å². The largest absolute Gasteiger partial charge is 0.382 e. The molecule has 1 fully saturated rings. The Morgan fingerprint density at radius 1 is 0.800 bits per heavy atom. The molecule has 2 N–H and O–H groups in total. The van der Waals surface area contributed by atoms with Gasteiger partial charge in [0.05, 0.1) is 11.0 Å². The van der Waals surface area contributed by atoms with Crippen LogP contribution in [0.3, 0.4) is 0 Å². The third kappa shape index (κ3) is 3.92. The van der Waals surface area contributed by atoms with Crippen molar-refractivity contribution < 1.29 is 0 Å². The number of nitrogens with one attached hydrogen (secondary N) is 2. The molecule has 2 aromatic heterocycles. The molecule has 0 saturated heterocycles. The Morgan fingerprint density at radius 3 is 2.30 bits per heavy atom. The number of aromatic nitrogens is 2. The fourth-order valence-corrected chi connectivity index (χ4v) is 4.66. The monoisotopic (exact) mass is 416 g/mol.